The van der Waals surface area contributed by atoms with E-state index in [1.807, 2.05) is 23.6 Å². The van der Waals surface area contributed by atoms with Gasteiger partial charge in [-0.2, -0.15) is 0 Å². The highest BCUT2D eigenvalue weighted by atomic mass is 32.1. The van der Waals surface area contributed by atoms with E-state index >= 15 is 0 Å². The van der Waals surface area contributed by atoms with Gasteiger partial charge in [0.25, 0.3) is 0 Å². The lowest BCUT2D eigenvalue weighted by atomic mass is 9.93. The van der Waals surface area contributed by atoms with Crippen molar-refractivity contribution in [1.29, 1.82) is 0 Å². The summed E-state index contributed by atoms with van der Waals surface area (Å²) in [6.07, 6.45) is 7.81. The molecule has 0 radical (unpaired) electrons. The van der Waals surface area contributed by atoms with E-state index in [-0.39, 0.29) is 12.5 Å². The van der Waals surface area contributed by atoms with Crippen molar-refractivity contribution in [2.75, 3.05) is 32.7 Å². The van der Waals surface area contributed by atoms with Crippen LogP contribution in [0.3, 0.4) is 0 Å². The Hall–Kier alpha value is -2.35. The predicted molar refractivity (Wildman–Crippen MR) is 116 cm³/mol. The fourth-order valence-corrected chi connectivity index (χ4v) is 5.11. The van der Waals surface area contributed by atoms with E-state index in [0.29, 0.717) is 18.5 Å². The number of nitrogens with one attached hydrogen (secondary N) is 1. The number of amides is 1. The smallest absolute Gasteiger partial charge is 0.244 e. The molecule has 1 saturated heterocycles. The van der Waals surface area contributed by atoms with Crippen LogP contribution in [0.2, 0.25) is 0 Å². The summed E-state index contributed by atoms with van der Waals surface area (Å²) < 4.78 is 2.19. The molecule has 1 amide bonds. The van der Waals surface area contributed by atoms with Crippen LogP contribution in [-0.2, 0) is 17.8 Å². The van der Waals surface area contributed by atoms with E-state index in [2.05, 4.69) is 45.1 Å². The molecule has 0 saturated carbocycles. The Kier molecular flexibility index (Phi) is 6.18. The van der Waals surface area contributed by atoms with Gasteiger partial charge in [0.15, 0.2) is 5.96 Å². The first kappa shape index (κ1) is 19.9. The van der Waals surface area contributed by atoms with Crippen molar-refractivity contribution in [3.63, 3.8) is 0 Å². The maximum Gasteiger partial charge on any atom is 0.244 e. The van der Waals surface area contributed by atoms with Crippen molar-refractivity contribution in [2.24, 2.45) is 10.9 Å². The Balaban J connectivity index is 1.41. The molecule has 2 aromatic heterocycles. The summed E-state index contributed by atoms with van der Waals surface area (Å²) in [7, 11) is 0. The molecular formula is C21H30N6OS. The monoisotopic (exact) mass is 414 g/mol. The van der Waals surface area contributed by atoms with E-state index < -0.39 is 0 Å². The predicted octanol–water partition coefficient (Wildman–Crippen LogP) is 2.38. The molecule has 7 nitrogen and oxygen atoms in total. The van der Waals surface area contributed by atoms with Crippen LogP contribution in [0.4, 0.5) is 0 Å². The highest BCUT2D eigenvalue weighted by molar-refractivity contribution is 7.10. The SMILES string of the molecule is CCNC(=NCC(=O)N1CCc2sccc2C1)N1CCC(C)C(n2ccnc2)C1. The first-order valence-corrected chi connectivity index (χ1v) is 11.4. The maximum absolute atomic E-state index is 12.8. The summed E-state index contributed by atoms with van der Waals surface area (Å²) in [5.41, 5.74) is 1.29. The van der Waals surface area contributed by atoms with Gasteiger partial charge >= 0.3 is 0 Å². The lowest BCUT2D eigenvalue weighted by molar-refractivity contribution is -0.130. The largest absolute Gasteiger partial charge is 0.357 e. The number of thiophene rings is 1. The number of aliphatic imine (C=N–C) groups is 1. The topological polar surface area (TPSA) is 65.8 Å². The van der Waals surface area contributed by atoms with Gasteiger partial charge in [0.1, 0.15) is 6.54 Å². The van der Waals surface area contributed by atoms with Crippen molar-refractivity contribution >= 4 is 23.2 Å². The molecule has 2 atom stereocenters. The third-order valence-electron chi connectivity index (χ3n) is 5.99. The van der Waals surface area contributed by atoms with Crippen molar-refractivity contribution in [3.05, 3.63) is 40.6 Å². The van der Waals surface area contributed by atoms with Crippen molar-refractivity contribution in [1.82, 2.24) is 24.7 Å². The summed E-state index contributed by atoms with van der Waals surface area (Å²) in [6.45, 7) is 8.69. The number of nitrogens with zero attached hydrogens (tertiary/aromatic N) is 5. The third-order valence-corrected chi connectivity index (χ3v) is 7.01. The van der Waals surface area contributed by atoms with E-state index in [9.17, 15) is 4.79 Å². The molecule has 2 aliphatic rings. The number of piperidine rings is 1. The Bertz CT molecular complexity index is 845. The average molecular weight is 415 g/mol. The molecule has 156 valence electrons. The van der Waals surface area contributed by atoms with Crippen LogP contribution in [0, 0.1) is 5.92 Å². The molecule has 8 heteroatoms. The highest BCUT2D eigenvalue weighted by Crippen LogP contribution is 2.27. The summed E-state index contributed by atoms with van der Waals surface area (Å²) in [6, 6.07) is 2.50. The Morgan fingerprint density at radius 3 is 3.07 bits per heavy atom. The van der Waals surface area contributed by atoms with Crippen LogP contribution in [0.1, 0.15) is 36.8 Å². The summed E-state index contributed by atoms with van der Waals surface area (Å²) in [5.74, 6) is 1.53. The molecule has 0 spiro atoms. The molecule has 2 aliphatic heterocycles. The van der Waals surface area contributed by atoms with Crippen molar-refractivity contribution in [2.45, 2.75) is 39.3 Å². The minimum atomic E-state index is 0.105. The number of carbonyl (C=O) groups is 1. The van der Waals surface area contributed by atoms with E-state index in [1.165, 1.54) is 10.4 Å². The van der Waals surface area contributed by atoms with Gasteiger partial charge < -0.3 is 19.7 Å². The molecule has 0 aromatic carbocycles. The second-order valence-electron chi connectivity index (χ2n) is 7.89. The average Bonchev–Trinajstić information content (AvgIpc) is 3.42. The zero-order valence-electron chi connectivity index (χ0n) is 17.3. The van der Waals surface area contributed by atoms with Gasteiger partial charge in [-0.1, -0.05) is 6.92 Å². The summed E-state index contributed by atoms with van der Waals surface area (Å²) in [4.78, 5) is 27.4. The molecule has 1 fully saturated rings. The number of fused-ring (bicyclic) bond motifs is 1. The van der Waals surface area contributed by atoms with Crippen LogP contribution in [-0.4, -0.2) is 63.9 Å². The number of likely N-dealkylation sites (tertiary alicyclic amines) is 1. The number of rotatable bonds is 4. The number of hydrogen-bond acceptors (Lipinski definition) is 4. The lowest BCUT2D eigenvalue weighted by Gasteiger charge is -2.39. The Labute approximate surface area is 176 Å². The van der Waals surface area contributed by atoms with E-state index in [4.69, 9.17) is 4.99 Å². The number of guanidine groups is 1. The number of aromatic nitrogens is 2. The van der Waals surface area contributed by atoms with Gasteiger partial charge in [-0.3, -0.25) is 4.79 Å². The Morgan fingerprint density at radius 2 is 2.28 bits per heavy atom. The molecular weight excluding hydrogens is 384 g/mol. The molecule has 2 unspecified atom stereocenters. The van der Waals surface area contributed by atoms with Crippen LogP contribution < -0.4 is 5.32 Å². The number of hydrogen-bond donors (Lipinski definition) is 1. The van der Waals surface area contributed by atoms with Crippen LogP contribution in [0.25, 0.3) is 0 Å². The van der Waals surface area contributed by atoms with Gasteiger partial charge in [0.05, 0.1) is 12.4 Å². The number of carbonyl (C=O) groups excluding carboxylic acids is 1. The minimum Gasteiger partial charge on any atom is -0.357 e. The minimum absolute atomic E-state index is 0.105. The molecule has 0 aliphatic carbocycles. The van der Waals surface area contributed by atoms with Crippen LogP contribution in [0.5, 0.6) is 0 Å². The van der Waals surface area contributed by atoms with Gasteiger partial charge in [-0.15, -0.1) is 11.3 Å². The van der Waals surface area contributed by atoms with Crippen molar-refractivity contribution in [3.8, 4) is 0 Å². The second-order valence-corrected chi connectivity index (χ2v) is 8.89. The van der Waals surface area contributed by atoms with Gasteiger partial charge in [0.2, 0.25) is 5.91 Å². The first-order chi connectivity index (χ1) is 14.2. The van der Waals surface area contributed by atoms with Gasteiger partial charge in [-0.05, 0) is 42.7 Å². The maximum atomic E-state index is 12.8. The quantitative estimate of drug-likeness (QED) is 0.616. The molecule has 4 heterocycles. The fourth-order valence-electron chi connectivity index (χ4n) is 4.22. The Morgan fingerprint density at radius 1 is 1.38 bits per heavy atom. The molecule has 4 rings (SSSR count). The zero-order valence-corrected chi connectivity index (χ0v) is 18.1. The van der Waals surface area contributed by atoms with Gasteiger partial charge in [-0.25, -0.2) is 9.98 Å². The van der Waals surface area contributed by atoms with Gasteiger partial charge in [0, 0.05) is 50.0 Å². The fraction of sp³-hybridized carbons (Fsp3) is 0.571. The lowest BCUT2D eigenvalue weighted by Crippen LogP contribution is -2.49. The first-order valence-electron chi connectivity index (χ1n) is 10.5. The zero-order chi connectivity index (χ0) is 20.2. The molecule has 29 heavy (non-hydrogen) atoms. The van der Waals surface area contributed by atoms with Crippen molar-refractivity contribution < 1.29 is 4.79 Å². The van der Waals surface area contributed by atoms with E-state index in [0.717, 1.165) is 45.0 Å². The summed E-state index contributed by atoms with van der Waals surface area (Å²) >= 11 is 1.79. The second kappa shape index (κ2) is 8.98. The van der Waals surface area contributed by atoms with Crippen LogP contribution >= 0.6 is 11.3 Å². The molecule has 2 aromatic rings. The van der Waals surface area contributed by atoms with Crippen LogP contribution in [0.15, 0.2) is 35.2 Å². The normalized spacial score (nSPS) is 22.5. The summed E-state index contributed by atoms with van der Waals surface area (Å²) in [5, 5.41) is 5.50. The molecule has 0 bridgehead atoms. The van der Waals surface area contributed by atoms with E-state index in [1.54, 1.807) is 11.3 Å². The number of imidazole rings is 1. The third kappa shape index (κ3) is 4.47. The highest BCUT2D eigenvalue weighted by Gasteiger charge is 2.29. The standard InChI is InChI=1S/C21H30N6OS/c1-3-23-21(26-8-4-16(2)18(14-26)27-10-7-22-15-27)24-12-20(28)25-9-5-19-17(13-25)6-11-29-19/h6-7,10-11,15-16,18H,3-5,8-9,12-14H2,1-2H3,(H,23,24). The molecule has 1 N–H and O–H groups in total.